The molecule has 3 aromatic carbocycles. The molecule has 5 heteroatoms. The summed E-state index contributed by atoms with van der Waals surface area (Å²) >= 11 is 0. The van der Waals surface area contributed by atoms with Crippen molar-refractivity contribution in [1.29, 1.82) is 0 Å². The lowest BCUT2D eigenvalue weighted by molar-refractivity contribution is 0.0694. The van der Waals surface area contributed by atoms with E-state index in [-0.39, 0.29) is 11.9 Å². The topological polar surface area (TPSA) is 48.0 Å². The molecule has 0 fully saturated rings. The minimum absolute atomic E-state index is 0.0221. The molecular weight excluding hydrogens is 402 g/mol. The minimum atomic E-state index is -0.234. The summed E-state index contributed by atoms with van der Waals surface area (Å²) in [6.07, 6.45) is 1.70. The highest BCUT2D eigenvalue weighted by atomic mass is 16.5. The van der Waals surface area contributed by atoms with Crippen molar-refractivity contribution in [3.8, 4) is 17.2 Å². The molecule has 0 bridgehead atoms. The van der Waals surface area contributed by atoms with Gasteiger partial charge in [0.15, 0.2) is 11.5 Å². The second kappa shape index (κ2) is 9.35. The third-order valence-electron chi connectivity index (χ3n) is 6.18. The molecule has 4 rings (SSSR count). The van der Waals surface area contributed by atoms with Crippen LogP contribution in [-0.4, -0.2) is 38.7 Å². The first kappa shape index (κ1) is 21.8. The molecule has 5 nitrogen and oxygen atoms in total. The quantitative estimate of drug-likeness (QED) is 0.547. The van der Waals surface area contributed by atoms with E-state index >= 15 is 0 Å². The van der Waals surface area contributed by atoms with Crippen LogP contribution in [-0.2, 0) is 12.8 Å². The lowest BCUT2D eigenvalue weighted by atomic mass is 9.87. The van der Waals surface area contributed by atoms with Crippen LogP contribution in [0, 0.1) is 0 Å². The number of fused-ring (bicyclic) bond motifs is 1. The Balaban J connectivity index is 1.81. The van der Waals surface area contributed by atoms with Crippen molar-refractivity contribution < 1.29 is 19.0 Å². The molecule has 0 saturated heterocycles. The number of benzene rings is 3. The maximum Gasteiger partial charge on any atom is 0.254 e. The molecular formula is C27H29NO4. The zero-order valence-electron chi connectivity index (χ0n) is 19.1. The summed E-state index contributed by atoms with van der Waals surface area (Å²) < 4.78 is 16.4. The van der Waals surface area contributed by atoms with E-state index in [9.17, 15) is 4.79 Å². The number of rotatable bonds is 6. The average molecular weight is 432 g/mol. The van der Waals surface area contributed by atoms with Gasteiger partial charge >= 0.3 is 0 Å². The van der Waals surface area contributed by atoms with Crippen LogP contribution in [0.15, 0.2) is 60.7 Å². The van der Waals surface area contributed by atoms with Gasteiger partial charge in [-0.1, -0.05) is 31.2 Å². The van der Waals surface area contributed by atoms with Gasteiger partial charge in [0.05, 0.1) is 27.4 Å². The number of nitrogens with zero attached hydrogens (tertiary/aromatic N) is 1. The van der Waals surface area contributed by atoms with Gasteiger partial charge < -0.3 is 19.1 Å². The molecule has 1 atom stereocenters. The van der Waals surface area contributed by atoms with E-state index in [1.165, 1.54) is 5.56 Å². The summed E-state index contributed by atoms with van der Waals surface area (Å²) in [7, 11) is 4.93. The van der Waals surface area contributed by atoms with Crippen molar-refractivity contribution in [2.24, 2.45) is 0 Å². The van der Waals surface area contributed by atoms with E-state index in [0.717, 1.165) is 35.3 Å². The normalized spacial score (nSPS) is 15.1. The van der Waals surface area contributed by atoms with Crippen molar-refractivity contribution in [2.75, 3.05) is 27.9 Å². The summed E-state index contributed by atoms with van der Waals surface area (Å²) in [6, 6.07) is 19.6. The predicted octanol–water partition coefficient (Wildman–Crippen LogP) is 5.06. The Kier molecular flexibility index (Phi) is 6.35. The molecule has 1 heterocycles. The first-order valence-electron chi connectivity index (χ1n) is 10.9. The molecule has 0 saturated carbocycles. The van der Waals surface area contributed by atoms with Crippen LogP contribution in [0.3, 0.4) is 0 Å². The van der Waals surface area contributed by atoms with Gasteiger partial charge in [-0.05, 0) is 71.5 Å². The maximum absolute atomic E-state index is 13.6. The summed E-state index contributed by atoms with van der Waals surface area (Å²) in [5, 5.41) is 0. The molecule has 0 aromatic heterocycles. The van der Waals surface area contributed by atoms with E-state index in [1.54, 1.807) is 21.3 Å². The Hall–Kier alpha value is -3.47. The van der Waals surface area contributed by atoms with Gasteiger partial charge in [-0.3, -0.25) is 4.79 Å². The predicted molar refractivity (Wildman–Crippen MR) is 125 cm³/mol. The van der Waals surface area contributed by atoms with E-state index < -0.39 is 0 Å². The Labute approximate surface area is 189 Å². The van der Waals surface area contributed by atoms with Crippen molar-refractivity contribution in [1.82, 2.24) is 4.90 Å². The molecule has 0 spiro atoms. The van der Waals surface area contributed by atoms with E-state index in [2.05, 4.69) is 6.92 Å². The molecule has 32 heavy (non-hydrogen) atoms. The zero-order valence-corrected chi connectivity index (χ0v) is 19.1. The van der Waals surface area contributed by atoms with Crippen LogP contribution in [0.4, 0.5) is 0 Å². The molecule has 1 amide bonds. The van der Waals surface area contributed by atoms with Crippen molar-refractivity contribution in [3.63, 3.8) is 0 Å². The fourth-order valence-corrected chi connectivity index (χ4v) is 4.36. The van der Waals surface area contributed by atoms with Gasteiger partial charge in [-0.2, -0.15) is 0 Å². The number of methoxy groups -OCH3 is 3. The SMILES string of the molecule is CCc1ccc(C(=O)N2CCc3cc(OC)c(OC)cc3C2c2ccc(OC)cc2)cc1. The van der Waals surface area contributed by atoms with E-state index in [1.807, 2.05) is 65.6 Å². The summed E-state index contributed by atoms with van der Waals surface area (Å²) in [5.74, 6) is 2.17. The Morgan fingerprint density at radius 3 is 2.16 bits per heavy atom. The number of ether oxygens (including phenoxy) is 3. The standard InChI is InChI=1S/C27H29NO4/c1-5-18-6-8-20(9-7-18)27(29)28-15-14-21-16-24(31-3)25(32-4)17-23(21)26(28)19-10-12-22(30-2)13-11-19/h6-13,16-17,26H,5,14-15H2,1-4H3. The largest absolute Gasteiger partial charge is 0.497 e. The Bertz CT molecular complexity index is 1090. The van der Waals surface area contributed by atoms with Gasteiger partial charge in [0.1, 0.15) is 5.75 Å². The number of carbonyl (C=O) groups is 1. The van der Waals surface area contributed by atoms with Crippen LogP contribution >= 0.6 is 0 Å². The van der Waals surface area contributed by atoms with Crippen LogP contribution < -0.4 is 14.2 Å². The number of hydrogen-bond donors (Lipinski definition) is 0. The van der Waals surface area contributed by atoms with Crippen molar-refractivity contribution in [3.05, 3.63) is 88.5 Å². The van der Waals surface area contributed by atoms with Gasteiger partial charge in [0.2, 0.25) is 0 Å². The van der Waals surface area contributed by atoms with Crippen LogP contribution in [0.2, 0.25) is 0 Å². The maximum atomic E-state index is 13.6. The third-order valence-corrected chi connectivity index (χ3v) is 6.18. The lowest BCUT2D eigenvalue weighted by Crippen LogP contribution is -2.40. The van der Waals surface area contributed by atoms with E-state index in [0.29, 0.717) is 23.6 Å². The number of amides is 1. The summed E-state index contributed by atoms with van der Waals surface area (Å²) in [4.78, 5) is 15.6. The average Bonchev–Trinajstić information content (AvgIpc) is 2.86. The monoisotopic (exact) mass is 431 g/mol. The van der Waals surface area contributed by atoms with Crippen LogP contribution in [0.25, 0.3) is 0 Å². The highest BCUT2D eigenvalue weighted by Gasteiger charge is 2.34. The summed E-state index contributed by atoms with van der Waals surface area (Å²) in [5.41, 5.74) is 5.16. The number of hydrogen-bond acceptors (Lipinski definition) is 4. The summed E-state index contributed by atoms with van der Waals surface area (Å²) in [6.45, 7) is 2.73. The second-order valence-corrected chi connectivity index (χ2v) is 7.88. The minimum Gasteiger partial charge on any atom is -0.497 e. The fourth-order valence-electron chi connectivity index (χ4n) is 4.36. The van der Waals surface area contributed by atoms with Crippen molar-refractivity contribution in [2.45, 2.75) is 25.8 Å². The van der Waals surface area contributed by atoms with Crippen LogP contribution in [0.5, 0.6) is 17.2 Å². The highest BCUT2D eigenvalue weighted by molar-refractivity contribution is 5.95. The van der Waals surface area contributed by atoms with Crippen molar-refractivity contribution >= 4 is 5.91 Å². The second-order valence-electron chi connectivity index (χ2n) is 7.88. The Morgan fingerprint density at radius 2 is 1.56 bits per heavy atom. The van der Waals surface area contributed by atoms with Gasteiger partial charge in [-0.25, -0.2) is 0 Å². The molecule has 0 N–H and O–H groups in total. The molecule has 0 radical (unpaired) electrons. The zero-order chi connectivity index (χ0) is 22.7. The smallest absolute Gasteiger partial charge is 0.254 e. The third kappa shape index (κ3) is 4.03. The van der Waals surface area contributed by atoms with E-state index in [4.69, 9.17) is 14.2 Å². The first-order chi connectivity index (χ1) is 15.6. The number of aryl methyl sites for hydroxylation is 1. The molecule has 1 aliphatic rings. The first-order valence-corrected chi connectivity index (χ1v) is 10.9. The number of carbonyl (C=O) groups excluding carboxylic acids is 1. The molecule has 3 aromatic rings. The van der Waals surface area contributed by atoms with Crippen LogP contribution in [0.1, 0.15) is 45.6 Å². The van der Waals surface area contributed by atoms with Gasteiger partial charge in [-0.15, -0.1) is 0 Å². The molecule has 166 valence electrons. The highest BCUT2D eigenvalue weighted by Crippen LogP contribution is 2.41. The fraction of sp³-hybridized carbons (Fsp3) is 0.296. The van der Waals surface area contributed by atoms with Gasteiger partial charge in [0, 0.05) is 12.1 Å². The lowest BCUT2D eigenvalue weighted by Gasteiger charge is -2.38. The molecule has 0 aliphatic carbocycles. The van der Waals surface area contributed by atoms with Gasteiger partial charge in [0.25, 0.3) is 5.91 Å². The Morgan fingerprint density at radius 1 is 0.906 bits per heavy atom. The molecule has 1 aliphatic heterocycles. The molecule has 1 unspecified atom stereocenters.